The number of hydrogen-bond donors (Lipinski definition) is 0. The van der Waals surface area contributed by atoms with Crippen molar-refractivity contribution in [2.75, 3.05) is 26.3 Å². The molecule has 1 saturated heterocycles. The van der Waals surface area contributed by atoms with Gasteiger partial charge in [0, 0.05) is 19.5 Å². The highest BCUT2D eigenvalue weighted by Gasteiger charge is 2.19. The van der Waals surface area contributed by atoms with Crippen molar-refractivity contribution in [2.45, 2.75) is 32.9 Å². The van der Waals surface area contributed by atoms with Gasteiger partial charge in [-0.15, -0.1) is 12.4 Å². The molecule has 15 heavy (non-hydrogen) atoms. The van der Waals surface area contributed by atoms with E-state index in [1.165, 1.54) is 0 Å². The molecule has 1 aliphatic rings. The van der Waals surface area contributed by atoms with Gasteiger partial charge < -0.3 is 9.47 Å². The van der Waals surface area contributed by atoms with Crippen LogP contribution in [0.2, 0.25) is 0 Å². The molecule has 0 aliphatic carbocycles. The lowest BCUT2D eigenvalue weighted by Crippen LogP contribution is -2.44. The lowest BCUT2D eigenvalue weighted by molar-refractivity contribution is -0.161. The third-order valence-electron chi connectivity index (χ3n) is 2.32. The summed E-state index contributed by atoms with van der Waals surface area (Å²) in [5.41, 5.74) is 0. The summed E-state index contributed by atoms with van der Waals surface area (Å²) in [7, 11) is 0. The molecule has 1 heterocycles. The normalized spacial score (nSPS) is 19.1. The molecule has 0 radical (unpaired) electrons. The van der Waals surface area contributed by atoms with Gasteiger partial charge in [-0.05, 0) is 13.3 Å². The van der Waals surface area contributed by atoms with Crippen LogP contribution in [0, 0.1) is 0 Å². The molecular weight excluding hydrogens is 218 g/mol. The Morgan fingerprint density at radius 2 is 2.07 bits per heavy atom. The van der Waals surface area contributed by atoms with Crippen LogP contribution in [-0.2, 0) is 14.3 Å². The van der Waals surface area contributed by atoms with Crippen LogP contribution < -0.4 is 0 Å². The molecule has 0 bridgehead atoms. The molecule has 1 aliphatic heterocycles. The average molecular weight is 238 g/mol. The SMILES string of the molecule is CCCC(=O)OC(C)N1CCOCC1.Cl. The van der Waals surface area contributed by atoms with Crippen LogP contribution in [0.25, 0.3) is 0 Å². The number of carbonyl (C=O) groups excluding carboxylic acids is 1. The van der Waals surface area contributed by atoms with E-state index in [-0.39, 0.29) is 24.6 Å². The molecule has 0 aromatic heterocycles. The molecule has 1 rings (SSSR count). The van der Waals surface area contributed by atoms with E-state index in [4.69, 9.17) is 9.47 Å². The molecule has 0 saturated carbocycles. The maximum absolute atomic E-state index is 11.2. The van der Waals surface area contributed by atoms with Gasteiger partial charge in [-0.3, -0.25) is 9.69 Å². The van der Waals surface area contributed by atoms with Crippen LogP contribution in [0.1, 0.15) is 26.7 Å². The van der Waals surface area contributed by atoms with Crippen molar-refractivity contribution < 1.29 is 14.3 Å². The van der Waals surface area contributed by atoms with Crippen molar-refractivity contribution in [2.24, 2.45) is 0 Å². The summed E-state index contributed by atoms with van der Waals surface area (Å²) in [6.07, 6.45) is 1.24. The zero-order valence-corrected chi connectivity index (χ0v) is 10.2. The van der Waals surface area contributed by atoms with E-state index in [0.717, 1.165) is 32.7 Å². The van der Waals surface area contributed by atoms with Gasteiger partial charge in [0.05, 0.1) is 13.2 Å². The number of morpholine rings is 1. The predicted octanol–water partition coefficient (Wildman–Crippen LogP) is 1.43. The third-order valence-corrected chi connectivity index (χ3v) is 2.32. The van der Waals surface area contributed by atoms with Gasteiger partial charge in [0.1, 0.15) is 0 Å². The lowest BCUT2D eigenvalue weighted by atomic mass is 10.3. The molecule has 0 N–H and O–H groups in total. The first-order valence-corrected chi connectivity index (χ1v) is 5.25. The Hall–Kier alpha value is -0.320. The van der Waals surface area contributed by atoms with Crippen LogP contribution in [0.3, 0.4) is 0 Å². The molecule has 4 nitrogen and oxygen atoms in total. The van der Waals surface area contributed by atoms with Crippen molar-refractivity contribution in [3.05, 3.63) is 0 Å². The summed E-state index contributed by atoms with van der Waals surface area (Å²) in [4.78, 5) is 13.3. The zero-order valence-electron chi connectivity index (χ0n) is 9.40. The van der Waals surface area contributed by atoms with Crippen molar-refractivity contribution in [1.29, 1.82) is 0 Å². The van der Waals surface area contributed by atoms with Crippen LogP contribution in [0.5, 0.6) is 0 Å². The molecule has 1 fully saturated rings. The predicted molar refractivity (Wildman–Crippen MR) is 60.1 cm³/mol. The van der Waals surface area contributed by atoms with Gasteiger partial charge in [-0.1, -0.05) is 6.92 Å². The Bertz CT molecular complexity index is 184. The molecule has 1 atom stereocenters. The van der Waals surface area contributed by atoms with Gasteiger partial charge in [-0.25, -0.2) is 0 Å². The summed E-state index contributed by atoms with van der Waals surface area (Å²) in [5.74, 6) is -0.105. The van der Waals surface area contributed by atoms with Crippen LogP contribution in [0.4, 0.5) is 0 Å². The third kappa shape index (κ3) is 5.35. The highest BCUT2D eigenvalue weighted by atomic mass is 35.5. The van der Waals surface area contributed by atoms with Crippen LogP contribution in [0.15, 0.2) is 0 Å². The van der Waals surface area contributed by atoms with Gasteiger partial charge in [0.25, 0.3) is 0 Å². The van der Waals surface area contributed by atoms with Crippen LogP contribution >= 0.6 is 12.4 Å². The number of ether oxygens (including phenoxy) is 2. The standard InChI is InChI=1S/C10H19NO3.ClH/c1-3-4-10(12)14-9(2)11-5-7-13-8-6-11;/h9H,3-8H2,1-2H3;1H. The van der Waals surface area contributed by atoms with E-state index < -0.39 is 0 Å². The first-order valence-electron chi connectivity index (χ1n) is 5.25. The summed E-state index contributed by atoms with van der Waals surface area (Å²) < 4.78 is 10.5. The van der Waals surface area contributed by atoms with Crippen molar-refractivity contribution in [1.82, 2.24) is 4.90 Å². The summed E-state index contributed by atoms with van der Waals surface area (Å²) in [6, 6.07) is 0. The fraction of sp³-hybridized carbons (Fsp3) is 0.900. The minimum atomic E-state index is -0.113. The largest absolute Gasteiger partial charge is 0.447 e. The van der Waals surface area contributed by atoms with Crippen LogP contribution in [-0.4, -0.2) is 43.4 Å². The van der Waals surface area contributed by atoms with Crippen molar-refractivity contribution >= 4 is 18.4 Å². The van der Waals surface area contributed by atoms with Gasteiger partial charge in [0.2, 0.25) is 0 Å². The maximum atomic E-state index is 11.2. The second-order valence-electron chi connectivity index (χ2n) is 3.49. The summed E-state index contributed by atoms with van der Waals surface area (Å²) in [5, 5.41) is 0. The maximum Gasteiger partial charge on any atom is 0.307 e. The quantitative estimate of drug-likeness (QED) is 0.694. The summed E-state index contributed by atoms with van der Waals surface area (Å²) in [6.45, 7) is 7.05. The first-order chi connectivity index (χ1) is 6.74. The molecule has 90 valence electrons. The summed E-state index contributed by atoms with van der Waals surface area (Å²) >= 11 is 0. The van der Waals surface area contributed by atoms with E-state index in [9.17, 15) is 4.79 Å². The Morgan fingerprint density at radius 1 is 1.47 bits per heavy atom. The van der Waals surface area contributed by atoms with Crippen molar-refractivity contribution in [3.63, 3.8) is 0 Å². The van der Waals surface area contributed by atoms with E-state index in [1.54, 1.807) is 0 Å². The fourth-order valence-electron chi connectivity index (χ4n) is 1.47. The number of halogens is 1. The lowest BCUT2D eigenvalue weighted by Gasteiger charge is -2.31. The van der Waals surface area contributed by atoms with Gasteiger partial charge >= 0.3 is 5.97 Å². The fourth-order valence-corrected chi connectivity index (χ4v) is 1.47. The molecule has 0 amide bonds. The zero-order chi connectivity index (χ0) is 10.4. The van der Waals surface area contributed by atoms with Crippen molar-refractivity contribution in [3.8, 4) is 0 Å². The smallest absolute Gasteiger partial charge is 0.307 e. The van der Waals surface area contributed by atoms with E-state index >= 15 is 0 Å². The Balaban J connectivity index is 0.00000196. The Kier molecular flexibility index (Phi) is 7.74. The molecular formula is C10H20ClNO3. The number of rotatable bonds is 4. The molecule has 5 heteroatoms. The minimum absolute atomic E-state index is 0. The van der Waals surface area contributed by atoms with E-state index in [1.807, 2.05) is 13.8 Å². The highest BCUT2D eigenvalue weighted by molar-refractivity contribution is 5.85. The minimum Gasteiger partial charge on any atom is -0.447 e. The highest BCUT2D eigenvalue weighted by Crippen LogP contribution is 2.06. The molecule has 0 spiro atoms. The Morgan fingerprint density at radius 3 is 2.60 bits per heavy atom. The van der Waals surface area contributed by atoms with Gasteiger partial charge in [-0.2, -0.15) is 0 Å². The second-order valence-corrected chi connectivity index (χ2v) is 3.49. The van der Waals surface area contributed by atoms with Gasteiger partial charge in [0.15, 0.2) is 6.23 Å². The second kappa shape index (κ2) is 7.91. The average Bonchev–Trinajstić information content (AvgIpc) is 2.19. The molecule has 0 aromatic rings. The topological polar surface area (TPSA) is 38.8 Å². The monoisotopic (exact) mass is 237 g/mol. The first kappa shape index (κ1) is 14.7. The Labute approximate surface area is 97.3 Å². The number of hydrogen-bond acceptors (Lipinski definition) is 4. The van der Waals surface area contributed by atoms with E-state index in [0.29, 0.717) is 6.42 Å². The van der Waals surface area contributed by atoms with E-state index in [2.05, 4.69) is 4.90 Å². The molecule has 1 unspecified atom stereocenters. The number of nitrogens with zero attached hydrogens (tertiary/aromatic N) is 1. The molecule has 0 aromatic carbocycles. The number of esters is 1. The number of carbonyl (C=O) groups is 1.